The van der Waals surface area contributed by atoms with Crippen LogP contribution in [-0.4, -0.2) is 40.1 Å². The van der Waals surface area contributed by atoms with E-state index < -0.39 is 0 Å². The van der Waals surface area contributed by atoms with Gasteiger partial charge in [-0.1, -0.05) is 37.7 Å². The summed E-state index contributed by atoms with van der Waals surface area (Å²) in [6.07, 6.45) is 2.39. The Morgan fingerprint density at radius 2 is 2.03 bits per heavy atom. The number of thioether (sulfide) groups is 1. The van der Waals surface area contributed by atoms with Crippen molar-refractivity contribution < 1.29 is 13.9 Å². The van der Waals surface area contributed by atoms with Gasteiger partial charge in [-0.3, -0.25) is 9.36 Å². The molecule has 0 radical (unpaired) electrons. The van der Waals surface area contributed by atoms with Gasteiger partial charge in [-0.05, 0) is 42.2 Å². The molecule has 2 heterocycles. The Morgan fingerprint density at radius 3 is 2.69 bits per heavy atom. The summed E-state index contributed by atoms with van der Waals surface area (Å²) < 4.78 is 12.6. The highest BCUT2D eigenvalue weighted by atomic mass is 32.2. The molecule has 0 spiro atoms. The second-order valence-corrected chi connectivity index (χ2v) is 7.97. The first-order chi connectivity index (χ1) is 14.1. The minimum absolute atomic E-state index is 0.0258. The third kappa shape index (κ3) is 5.87. The monoisotopic (exact) mass is 414 g/mol. The second-order valence-electron chi connectivity index (χ2n) is 7.02. The van der Waals surface area contributed by atoms with Crippen molar-refractivity contribution in [2.75, 3.05) is 19.4 Å². The fourth-order valence-electron chi connectivity index (χ4n) is 2.83. The summed E-state index contributed by atoms with van der Waals surface area (Å²) in [4.78, 5) is 12.2. The molecule has 0 saturated heterocycles. The Balaban J connectivity index is 1.52. The van der Waals surface area contributed by atoms with Gasteiger partial charge in [0, 0.05) is 13.1 Å². The van der Waals surface area contributed by atoms with Gasteiger partial charge in [-0.2, -0.15) is 0 Å². The molecule has 7 nitrogen and oxygen atoms in total. The van der Waals surface area contributed by atoms with Crippen LogP contribution in [0.25, 0.3) is 11.6 Å². The summed E-state index contributed by atoms with van der Waals surface area (Å²) >= 11 is 1.39. The molecule has 8 heteroatoms. The fraction of sp³-hybridized carbons (Fsp3) is 0.381. The molecule has 154 valence electrons. The Hall–Kier alpha value is -2.74. The van der Waals surface area contributed by atoms with E-state index in [-0.39, 0.29) is 11.7 Å². The maximum Gasteiger partial charge on any atom is 0.230 e. The maximum absolute atomic E-state index is 12.2. The predicted molar refractivity (Wildman–Crippen MR) is 113 cm³/mol. The highest BCUT2D eigenvalue weighted by Gasteiger charge is 2.18. The molecular weight excluding hydrogens is 388 g/mol. The minimum atomic E-state index is -0.0258. The molecule has 0 saturated carbocycles. The average Bonchev–Trinajstić information content (AvgIpc) is 3.36. The lowest BCUT2D eigenvalue weighted by molar-refractivity contribution is -0.118. The van der Waals surface area contributed by atoms with Crippen LogP contribution in [0.4, 0.5) is 0 Å². The topological polar surface area (TPSA) is 82.2 Å². The number of aromatic nitrogens is 3. The van der Waals surface area contributed by atoms with Crippen molar-refractivity contribution in [3.8, 4) is 17.3 Å². The van der Waals surface area contributed by atoms with E-state index in [1.54, 1.807) is 13.4 Å². The van der Waals surface area contributed by atoms with Crippen molar-refractivity contribution in [2.45, 2.75) is 32.0 Å². The Kier molecular flexibility index (Phi) is 7.35. The third-order valence-electron chi connectivity index (χ3n) is 4.23. The first-order valence-corrected chi connectivity index (χ1v) is 10.5. The molecule has 1 N–H and O–H groups in total. The minimum Gasteiger partial charge on any atom is -0.497 e. The average molecular weight is 415 g/mol. The van der Waals surface area contributed by atoms with Gasteiger partial charge >= 0.3 is 0 Å². The summed E-state index contributed by atoms with van der Waals surface area (Å²) in [5.74, 6) is 2.87. The summed E-state index contributed by atoms with van der Waals surface area (Å²) in [5, 5.41) is 12.2. The van der Waals surface area contributed by atoms with Gasteiger partial charge in [0.15, 0.2) is 16.7 Å². The molecule has 0 aliphatic rings. The van der Waals surface area contributed by atoms with Gasteiger partial charge in [-0.25, -0.2) is 0 Å². The lowest BCUT2D eigenvalue weighted by Crippen LogP contribution is -2.27. The number of rotatable bonds is 10. The number of hydrogen-bond acceptors (Lipinski definition) is 6. The second kappa shape index (κ2) is 10.2. The summed E-state index contributed by atoms with van der Waals surface area (Å²) in [7, 11) is 1.65. The van der Waals surface area contributed by atoms with Gasteiger partial charge in [0.25, 0.3) is 0 Å². The van der Waals surface area contributed by atoms with Crippen LogP contribution < -0.4 is 10.1 Å². The van der Waals surface area contributed by atoms with Crippen LogP contribution in [-0.2, 0) is 17.8 Å². The van der Waals surface area contributed by atoms with E-state index >= 15 is 0 Å². The predicted octanol–water partition coefficient (Wildman–Crippen LogP) is 3.65. The quantitative estimate of drug-likeness (QED) is 0.510. The zero-order valence-corrected chi connectivity index (χ0v) is 17.7. The SMILES string of the molecule is COc1ccc(CCNC(=O)CSc2nnc(-c3ccco3)n2CC(C)C)cc1. The van der Waals surface area contributed by atoms with E-state index in [1.165, 1.54) is 11.8 Å². The smallest absolute Gasteiger partial charge is 0.230 e. The number of methoxy groups -OCH3 is 1. The zero-order chi connectivity index (χ0) is 20.6. The van der Waals surface area contributed by atoms with E-state index in [0.29, 0.717) is 24.0 Å². The summed E-state index contributed by atoms with van der Waals surface area (Å²) in [6.45, 7) is 5.60. The van der Waals surface area contributed by atoms with Gasteiger partial charge in [0.05, 0.1) is 19.1 Å². The highest BCUT2D eigenvalue weighted by molar-refractivity contribution is 7.99. The Morgan fingerprint density at radius 1 is 1.24 bits per heavy atom. The fourth-order valence-corrected chi connectivity index (χ4v) is 3.61. The third-order valence-corrected chi connectivity index (χ3v) is 5.20. The first kappa shape index (κ1) is 21.0. The molecular formula is C21H26N4O3S. The first-order valence-electron chi connectivity index (χ1n) is 9.56. The number of carbonyl (C=O) groups excluding carboxylic acids is 1. The zero-order valence-electron chi connectivity index (χ0n) is 16.9. The van der Waals surface area contributed by atoms with Crippen LogP contribution in [0.5, 0.6) is 5.75 Å². The van der Waals surface area contributed by atoms with Crippen LogP contribution in [0.15, 0.2) is 52.2 Å². The molecule has 2 aromatic heterocycles. The van der Waals surface area contributed by atoms with Gasteiger partial charge < -0.3 is 14.5 Å². The molecule has 0 bridgehead atoms. The van der Waals surface area contributed by atoms with Gasteiger partial charge in [0.2, 0.25) is 5.91 Å². The van der Waals surface area contributed by atoms with Crippen LogP contribution in [0.3, 0.4) is 0 Å². The number of carbonyl (C=O) groups is 1. The van der Waals surface area contributed by atoms with Crippen molar-refractivity contribution >= 4 is 17.7 Å². The normalized spacial score (nSPS) is 11.0. The Labute approximate surface area is 174 Å². The molecule has 0 aliphatic heterocycles. The van der Waals surface area contributed by atoms with E-state index in [9.17, 15) is 4.79 Å². The largest absolute Gasteiger partial charge is 0.497 e. The van der Waals surface area contributed by atoms with E-state index in [0.717, 1.165) is 29.4 Å². The lowest BCUT2D eigenvalue weighted by atomic mass is 10.1. The molecule has 1 aromatic carbocycles. The van der Waals surface area contributed by atoms with E-state index in [4.69, 9.17) is 9.15 Å². The lowest BCUT2D eigenvalue weighted by Gasteiger charge is -2.11. The van der Waals surface area contributed by atoms with Crippen molar-refractivity contribution in [3.63, 3.8) is 0 Å². The molecule has 1 amide bonds. The molecule has 0 aliphatic carbocycles. The molecule has 0 unspecified atom stereocenters. The van der Waals surface area contributed by atoms with Gasteiger partial charge in [-0.15, -0.1) is 10.2 Å². The molecule has 3 aromatic rings. The molecule has 0 atom stereocenters. The number of nitrogens with zero attached hydrogens (tertiary/aromatic N) is 3. The van der Waals surface area contributed by atoms with Crippen LogP contribution in [0.2, 0.25) is 0 Å². The number of furan rings is 1. The number of nitrogens with one attached hydrogen (secondary N) is 1. The van der Waals surface area contributed by atoms with Crippen molar-refractivity contribution in [1.82, 2.24) is 20.1 Å². The van der Waals surface area contributed by atoms with E-state index in [1.807, 2.05) is 41.0 Å². The van der Waals surface area contributed by atoms with Crippen molar-refractivity contribution in [2.24, 2.45) is 5.92 Å². The van der Waals surface area contributed by atoms with Crippen LogP contribution in [0, 0.1) is 5.92 Å². The number of hydrogen-bond donors (Lipinski definition) is 1. The Bertz CT molecular complexity index is 905. The summed E-state index contributed by atoms with van der Waals surface area (Å²) in [6, 6.07) is 11.5. The standard InChI is InChI=1S/C21H26N4O3S/c1-15(2)13-25-20(18-5-4-12-28-18)23-24-21(25)29-14-19(26)22-11-10-16-6-8-17(27-3)9-7-16/h4-9,12,15H,10-11,13-14H2,1-3H3,(H,22,26). The molecule has 29 heavy (non-hydrogen) atoms. The highest BCUT2D eigenvalue weighted by Crippen LogP contribution is 2.25. The van der Waals surface area contributed by atoms with Crippen molar-refractivity contribution in [1.29, 1.82) is 0 Å². The van der Waals surface area contributed by atoms with Crippen LogP contribution in [0.1, 0.15) is 19.4 Å². The van der Waals surface area contributed by atoms with E-state index in [2.05, 4.69) is 29.4 Å². The summed E-state index contributed by atoms with van der Waals surface area (Å²) in [5.41, 5.74) is 1.15. The van der Waals surface area contributed by atoms with Crippen LogP contribution >= 0.6 is 11.8 Å². The number of amides is 1. The number of benzene rings is 1. The molecule has 3 rings (SSSR count). The molecule has 0 fully saturated rings. The number of ether oxygens (including phenoxy) is 1. The maximum atomic E-state index is 12.2. The van der Waals surface area contributed by atoms with Gasteiger partial charge in [0.1, 0.15) is 5.75 Å². The van der Waals surface area contributed by atoms with Crippen molar-refractivity contribution in [3.05, 3.63) is 48.2 Å².